The topological polar surface area (TPSA) is 32.8 Å². The molecule has 136 valence electrons. The smallest absolute Gasteiger partial charge is 0.228 e. The molecule has 2 atom stereocenters. The van der Waals surface area contributed by atoms with E-state index in [4.69, 9.17) is 4.74 Å². The molecule has 2 aromatic rings. The molecule has 0 bridgehead atoms. The van der Waals surface area contributed by atoms with Crippen LogP contribution in [-0.4, -0.2) is 41.4 Å². The van der Waals surface area contributed by atoms with Gasteiger partial charge in [-0.15, -0.1) is 0 Å². The van der Waals surface area contributed by atoms with Crippen LogP contribution in [0.25, 0.3) is 0 Å². The van der Waals surface area contributed by atoms with Crippen molar-refractivity contribution in [3.8, 4) is 5.75 Å². The number of carbonyl (C=O) groups is 1. The third-order valence-corrected chi connectivity index (χ3v) is 5.45. The van der Waals surface area contributed by atoms with Gasteiger partial charge >= 0.3 is 0 Å². The number of ether oxygens (including phenoxy) is 1. The van der Waals surface area contributed by atoms with E-state index >= 15 is 0 Å². The minimum Gasteiger partial charge on any atom is -0.494 e. The summed E-state index contributed by atoms with van der Waals surface area (Å²) >= 11 is 0. The average molecular weight is 350 g/mol. The van der Waals surface area contributed by atoms with E-state index in [1.165, 1.54) is 18.4 Å². The fraction of sp³-hybridized carbons (Fsp3) is 0.409. The molecule has 2 unspecified atom stereocenters. The maximum atomic E-state index is 13.1. The lowest BCUT2D eigenvalue weighted by molar-refractivity contribution is -0.133. The summed E-state index contributed by atoms with van der Waals surface area (Å²) < 4.78 is 5.49. The third-order valence-electron chi connectivity index (χ3n) is 5.45. The normalized spacial score (nSPS) is 22.4. The first-order valence-electron chi connectivity index (χ1n) is 9.58. The van der Waals surface area contributed by atoms with E-state index in [9.17, 15) is 4.79 Å². The van der Waals surface area contributed by atoms with Crippen LogP contribution in [0, 0.1) is 0 Å². The van der Waals surface area contributed by atoms with Gasteiger partial charge in [0.25, 0.3) is 0 Å². The Kier molecular flexibility index (Phi) is 4.93. The molecule has 0 aliphatic carbocycles. The number of nitrogens with zero attached hydrogens (tertiary/aromatic N) is 2. The average Bonchev–Trinajstić information content (AvgIpc) is 3.25. The number of fused-ring (bicyclic) bond motifs is 1. The zero-order chi connectivity index (χ0) is 17.9. The van der Waals surface area contributed by atoms with Gasteiger partial charge < -0.3 is 9.64 Å². The molecule has 4 rings (SSSR count). The van der Waals surface area contributed by atoms with Gasteiger partial charge in [-0.3, -0.25) is 9.69 Å². The molecule has 0 aromatic heterocycles. The SMILES string of the molecule is CCOc1ccc(CC(=O)N2CC3CCCN3C2c2ccccc2)cc1. The Balaban J connectivity index is 1.52. The Morgan fingerprint density at radius 3 is 2.62 bits per heavy atom. The Morgan fingerprint density at radius 2 is 1.88 bits per heavy atom. The van der Waals surface area contributed by atoms with Crippen molar-refractivity contribution < 1.29 is 9.53 Å². The summed E-state index contributed by atoms with van der Waals surface area (Å²) in [4.78, 5) is 17.7. The van der Waals surface area contributed by atoms with E-state index in [0.29, 0.717) is 19.1 Å². The summed E-state index contributed by atoms with van der Waals surface area (Å²) in [5.41, 5.74) is 2.26. The maximum Gasteiger partial charge on any atom is 0.228 e. The number of hydrogen-bond donors (Lipinski definition) is 0. The van der Waals surface area contributed by atoms with E-state index in [0.717, 1.165) is 24.4 Å². The second-order valence-corrected chi connectivity index (χ2v) is 7.12. The summed E-state index contributed by atoms with van der Waals surface area (Å²) in [7, 11) is 0. The molecule has 0 saturated carbocycles. The lowest BCUT2D eigenvalue weighted by Crippen LogP contribution is -2.36. The first-order valence-corrected chi connectivity index (χ1v) is 9.58. The van der Waals surface area contributed by atoms with Crippen molar-refractivity contribution in [2.75, 3.05) is 19.7 Å². The predicted molar refractivity (Wildman–Crippen MR) is 102 cm³/mol. The Labute approximate surface area is 155 Å². The molecule has 2 aliphatic heterocycles. The highest BCUT2D eigenvalue weighted by molar-refractivity contribution is 5.79. The van der Waals surface area contributed by atoms with E-state index in [1.54, 1.807) is 0 Å². The minimum absolute atomic E-state index is 0.0823. The largest absolute Gasteiger partial charge is 0.494 e. The van der Waals surface area contributed by atoms with Crippen LogP contribution < -0.4 is 4.74 Å². The monoisotopic (exact) mass is 350 g/mol. The van der Waals surface area contributed by atoms with Crippen LogP contribution in [0.15, 0.2) is 54.6 Å². The standard InChI is InChI=1S/C22H26N2O2/c1-2-26-20-12-10-17(11-13-20)15-21(25)24-16-19-9-6-14-23(19)22(24)18-7-4-3-5-8-18/h3-5,7-8,10-13,19,22H,2,6,9,14-16H2,1H3. The first-order chi connectivity index (χ1) is 12.8. The van der Waals surface area contributed by atoms with Crippen molar-refractivity contribution in [3.63, 3.8) is 0 Å². The molecule has 0 spiro atoms. The number of hydrogen-bond acceptors (Lipinski definition) is 3. The van der Waals surface area contributed by atoms with Crippen LogP contribution in [0.5, 0.6) is 5.75 Å². The molecule has 0 radical (unpaired) electrons. The van der Waals surface area contributed by atoms with Crippen LogP contribution in [-0.2, 0) is 11.2 Å². The molecular formula is C22H26N2O2. The van der Waals surface area contributed by atoms with Crippen molar-refractivity contribution in [1.29, 1.82) is 0 Å². The quantitative estimate of drug-likeness (QED) is 0.825. The molecule has 4 heteroatoms. The zero-order valence-corrected chi connectivity index (χ0v) is 15.3. The second-order valence-electron chi connectivity index (χ2n) is 7.12. The summed E-state index contributed by atoms with van der Waals surface area (Å²) in [6.07, 6.45) is 2.94. The van der Waals surface area contributed by atoms with Gasteiger partial charge in [-0.25, -0.2) is 0 Å². The Bertz CT molecular complexity index is 744. The number of rotatable bonds is 5. The van der Waals surface area contributed by atoms with Gasteiger partial charge in [-0.2, -0.15) is 0 Å². The highest BCUT2D eigenvalue weighted by Gasteiger charge is 2.44. The van der Waals surface area contributed by atoms with Crippen molar-refractivity contribution in [1.82, 2.24) is 9.80 Å². The highest BCUT2D eigenvalue weighted by Crippen LogP contribution is 2.39. The minimum atomic E-state index is 0.0823. The zero-order valence-electron chi connectivity index (χ0n) is 15.3. The van der Waals surface area contributed by atoms with Gasteiger partial charge in [0, 0.05) is 19.1 Å². The number of carbonyl (C=O) groups excluding carboxylic acids is 1. The van der Waals surface area contributed by atoms with Gasteiger partial charge in [0.2, 0.25) is 5.91 Å². The first kappa shape index (κ1) is 17.1. The van der Waals surface area contributed by atoms with Crippen LogP contribution in [0.2, 0.25) is 0 Å². The van der Waals surface area contributed by atoms with Crippen molar-refractivity contribution >= 4 is 5.91 Å². The van der Waals surface area contributed by atoms with Crippen molar-refractivity contribution in [2.24, 2.45) is 0 Å². The van der Waals surface area contributed by atoms with E-state index in [2.05, 4.69) is 34.1 Å². The molecule has 2 fully saturated rings. The lowest BCUT2D eigenvalue weighted by atomic mass is 10.1. The van der Waals surface area contributed by atoms with Gasteiger partial charge in [0.05, 0.1) is 13.0 Å². The van der Waals surface area contributed by atoms with Crippen LogP contribution >= 0.6 is 0 Å². The van der Waals surface area contributed by atoms with Crippen LogP contribution in [0.3, 0.4) is 0 Å². The van der Waals surface area contributed by atoms with Gasteiger partial charge in [-0.1, -0.05) is 42.5 Å². The summed E-state index contributed by atoms with van der Waals surface area (Å²) in [5.74, 6) is 1.06. The third kappa shape index (κ3) is 3.34. The van der Waals surface area contributed by atoms with E-state index in [-0.39, 0.29) is 12.1 Å². The Hall–Kier alpha value is -2.33. The molecule has 1 amide bonds. The number of benzene rings is 2. The van der Waals surface area contributed by atoms with Gasteiger partial charge in [0.1, 0.15) is 11.9 Å². The maximum absolute atomic E-state index is 13.1. The van der Waals surface area contributed by atoms with E-state index < -0.39 is 0 Å². The fourth-order valence-corrected chi connectivity index (χ4v) is 4.26. The van der Waals surface area contributed by atoms with Gasteiger partial charge in [0.15, 0.2) is 0 Å². The van der Waals surface area contributed by atoms with Crippen LogP contribution in [0.1, 0.15) is 37.1 Å². The molecule has 26 heavy (non-hydrogen) atoms. The van der Waals surface area contributed by atoms with Crippen molar-refractivity contribution in [2.45, 2.75) is 38.4 Å². The fourth-order valence-electron chi connectivity index (χ4n) is 4.26. The molecular weight excluding hydrogens is 324 g/mol. The van der Waals surface area contributed by atoms with E-state index in [1.807, 2.05) is 37.3 Å². The Morgan fingerprint density at radius 1 is 1.12 bits per heavy atom. The summed E-state index contributed by atoms with van der Waals surface area (Å²) in [6, 6.07) is 18.8. The highest BCUT2D eigenvalue weighted by atomic mass is 16.5. The number of amides is 1. The predicted octanol–water partition coefficient (Wildman–Crippen LogP) is 3.63. The molecule has 2 saturated heterocycles. The summed E-state index contributed by atoms with van der Waals surface area (Å²) in [5, 5.41) is 0. The molecule has 2 aromatic carbocycles. The molecule has 2 heterocycles. The van der Waals surface area contributed by atoms with Crippen molar-refractivity contribution in [3.05, 3.63) is 65.7 Å². The molecule has 2 aliphatic rings. The van der Waals surface area contributed by atoms with Gasteiger partial charge in [-0.05, 0) is 43.0 Å². The summed E-state index contributed by atoms with van der Waals surface area (Å²) in [6.45, 7) is 4.55. The molecule has 4 nitrogen and oxygen atoms in total. The second kappa shape index (κ2) is 7.50. The molecule has 0 N–H and O–H groups in total. The van der Waals surface area contributed by atoms with Crippen LogP contribution in [0.4, 0.5) is 0 Å². The lowest BCUT2D eigenvalue weighted by Gasteiger charge is -2.30.